The van der Waals surface area contributed by atoms with Crippen molar-refractivity contribution < 1.29 is 9.13 Å². The highest BCUT2D eigenvalue weighted by molar-refractivity contribution is 6.31. The Balaban J connectivity index is 2.52. The highest BCUT2D eigenvalue weighted by atomic mass is 35.5. The van der Waals surface area contributed by atoms with Crippen molar-refractivity contribution in [2.24, 2.45) is 5.84 Å². The zero-order valence-corrected chi connectivity index (χ0v) is 12.0. The molecule has 1 unspecified atom stereocenters. The molecule has 0 radical (unpaired) electrons. The van der Waals surface area contributed by atoms with Gasteiger partial charge in [0.1, 0.15) is 0 Å². The van der Waals surface area contributed by atoms with Crippen molar-refractivity contribution in [1.29, 1.82) is 0 Å². The molecule has 0 saturated carbocycles. The third kappa shape index (κ3) is 2.77. The van der Waals surface area contributed by atoms with Crippen molar-refractivity contribution in [3.63, 3.8) is 0 Å². The van der Waals surface area contributed by atoms with Gasteiger partial charge < -0.3 is 4.74 Å². The van der Waals surface area contributed by atoms with Crippen LogP contribution in [0.4, 0.5) is 4.39 Å². The summed E-state index contributed by atoms with van der Waals surface area (Å²) in [7, 11) is 1.42. The average molecular weight is 295 g/mol. The SMILES string of the molecule is COc1cccc(C(NN)c2ccc(C)cc2Cl)c1F. The number of halogens is 2. The maximum Gasteiger partial charge on any atom is 0.170 e. The molecule has 0 aliphatic rings. The molecule has 106 valence electrons. The highest BCUT2D eigenvalue weighted by Gasteiger charge is 2.21. The summed E-state index contributed by atoms with van der Waals surface area (Å²) < 4.78 is 19.3. The van der Waals surface area contributed by atoms with Crippen LogP contribution in [0.2, 0.25) is 5.02 Å². The third-order valence-electron chi connectivity index (χ3n) is 3.16. The molecule has 3 nitrogen and oxygen atoms in total. The molecular weight excluding hydrogens is 279 g/mol. The standard InChI is InChI=1S/C15H16ClFN2O/c1-9-6-7-10(12(16)8-9)15(19-18)11-4-3-5-13(20-2)14(11)17/h3-8,15,19H,18H2,1-2H3. The van der Waals surface area contributed by atoms with Gasteiger partial charge in [0.2, 0.25) is 0 Å². The van der Waals surface area contributed by atoms with E-state index in [-0.39, 0.29) is 5.75 Å². The van der Waals surface area contributed by atoms with E-state index in [2.05, 4.69) is 5.43 Å². The van der Waals surface area contributed by atoms with Crippen LogP contribution in [0.25, 0.3) is 0 Å². The molecule has 0 aliphatic heterocycles. The number of aryl methyl sites for hydroxylation is 1. The van der Waals surface area contributed by atoms with Crippen LogP contribution >= 0.6 is 11.6 Å². The van der Waals surface area contributed by atoms with E-state index in [1.165, 1.54) is 7.11 Å². The van der Waals surface area contributed by atoms with Crippen molar-refractivity contribution in [2.45, 2.75) is 13.0 Å². The molecule has 1 atom stereocenters. The van der Waals surface area contributed by atoms with Crippen molar-refractivity contribution >= 4 is 11.6 Å². The first kappa shape index (κ1) is 14.8. The van der Waals surface area contributed by atoms with Gasteiger partial charge in [0.25, 0.3) is 0 Å². The Morgan fingerprint density at radius 2 is 2.00 bits per heavy atom. The topological polar surface area (TPSA) is 47.3 Å². The number of hydrazine groups is 1. The predicted molar refractivity (Wildman–Crippen MR) is 78.3 cm³/mol. The van der Waals surface area contributed by atoms with E-state index in [0.717, 1.165) is 5.56 Å². The lowest BCUT2D eigenvalue weighted by Gasteiger charge is -2.20. The van der Waals surface area contributed by atoms with Crippen LogP contribution in [-0.4, -0.2) is 7.11 Å². The maximum atomic E-state index is 14.3. The Labute approximate surface area is 122 Å². The van der Waals surface area contributed by atoms with Gasteiger partial charge >= 0.3 is 0 Å². The van der Waals surface area contributed by atoms with E-state index in [9.17, 15) is 4.39 Å². The Bertz CT molecular complexity index is 619. The number of benzene rings is 2. The van der Waals surface area contributed by atoms with Crippen LogP contribution in [0.3, 0.4) is 0 Å². The monoisotopic (exact) mass is 294 g/mol. The molecule has 2 aromatic rings. The minimum Gasteiger partial charge on any atom is -0.494 e. The number of hydrogen-bond donors (Lipinski definition) is 2. The van der Waals surface area contributed by atoms with Crippen LogP contribution in [-0.2, 0) is 0 Å². The Morgan fingerprint density at radius 3 is 2.60 bits per heavy atom. The summed E-state index contributed by atoms with van der Waals surface area (Å²) in [5.74, 6) is 5.31. The van der Waals surface area contributed by atoms with E-state index in [0.29, 0.717) is 16.1 Å². The minimum absolute atomic E-state index is 0.172. The molecule has 0 spiro atoms. The normalized spacial score (nSPS) is 12.2. The fraction of sp³-hybridized carbons (Fsp3) is 0.200. The molecule has 0 aliphatic carbocycles. The molecule has 0 saturated heterocycles. The van der Waals surface area contributed by atoms with Gasteiger partial charge in [0, 0.05) is 10.6 Å². The van der Waals surface area contributed by atoms with E-state index in [1.807, 2.05) is 25.1 Å². The molecule has 2 aromatic carbocycles. The number of ether oxygens (including phenoxy) is 1. The summed E-state index contributed by atoms with van der Waals surface area (Å²) in [6, 6.07) is 9.94. The average Bonchev–Trinajstić information content (AvgIpc) is 2.43. The van der Waals surface area contributed by atoms with Gasteiger partial charge in [-0.1, -0.05) is 35.9 Å². The minimum atomic E-state index is -0.543. The second-order valence-electron chi connectivity index (χ2n) is 4.49. The molecule has 0 fully saturated rings. The van der Waals surface area contributed by atoms with E-state index in [4.69, 9.17) is 22.2 Å². The largest absolute Gasteiger partial charge is 0.494 e. The van der Waals surface area contributed by atoms with Crippen molar-refractivity contribution in [3.8, 4) is 5.75 Å². The van der Waals surface area contributed by atoms with Crippen LogP contribution in [0, 0.1) is 12.7 Å². The van der Waals surface area contributed by atoms with Gasteiger partial charge in [-0.3, -0.25) is 5.84 Å². The van der Waals surface area contributed by atoms with E-state index < -0.39 is 11.9 Å². The predicted octanol–water partition coefficient (Wildman–Crippen LogP) is 3.35. The summed E-state index contributed by atoms with van der Waals surface area (Å²) in [6.45, 7) is 1.94. The Hall–Kier alpha value is -1.62. The number of methoxy groups -OCH3 is 1. The third-order valence-corrected chi connectivity index (χ3v) is 3.49. The molecule has 0 amide bonds. The summed E-state index contributed by atoms with van der Waals surface area (Å²) in [6.07, 6.45) is 0. The molecule has 2 rings (SSSR count). The van der Waals surface area contributed by atoms with Crippen molar-refractivity contribution in [3.05, 3.63) is 63.9 Å². The second kappa shape index (κ2) is 6.22. The molecule has 0 bridgehead atoms. The first-order valence-corrected chi connectivity index (χ1v) is 6.51. The molecule has 3 N–H and O–H groups in total. The van der Waals surface area contributed by atoms with Crippen LogP contribution in [0.1, 0.15) is 22.7 Å². The second-order valence-corrected chi connectivity index (χ2v) is 4.90. The summed E-state index contributed by atoms with van der Waals surface area (Å²) in [5.41, 5.74) is 4.74. The van der Waals surface area contributed by atoms with Gasteiger partial charge in [0.05, 0.1) is 13.2 Å². The summed E-state index contributed by atoms with van der Waals surface area (Å²) in [4.78, 5) is 0. The Morgan fingerprint density at radius 1 is 1.25 bits per heavy atom. The fourth-order valence-electron chi connectivity index (χ4n) is 2.12. The first-order chi connectivity index (χ1) is 9.58. The quantitative estimate of drug-likeness (QED) is 0.671. The number of hydrogen-bond acceptors (Lipinski definition) is 3. The first-order valence-electron chi connectivity index (χ1n) is 6.13. The van der Waals surface area contributed by atoms with Gasteiger partial charge in [-0.25, -0.2) is 9.82 Å². The molecule has 20 heavy (non-hydrogen) atoms. The molecule has 5 heteroatoms. The van der Waals surface area contributed by atoms with Crippen molar-refractivity contribution in [2.75, 3.05) is 7.11 Å². The van der Waals surface area contributed by atoms with Crippen LogP contribution < -0.4 is 16.0 Å². The van der Waals surface area contributed by atoms with Crippen LogP contribution in [0.5, 0.6) is 5.75 Å². The number of nitrogens with one attached hydrogen (secondary N) is 1. The van der Waals surface area contributed by atoms with Crippen molar-refractivity contribution in [1.82, 2.24) is 5.43 Å². The smallest absolute Gasteiger partial charge is 0.170 e. The molecular formula is C15H16ClFN2O. The summed E-state index contributed by atoms with van der Waals surface area (Å²) >= 11 is 6.23. The number of nitrogens with two attached hydrogens (primary N) is 1. The van der Waals surface area contributed by atoms with E-state index >= 15 is 0 Å². The zero-order valence-electron chi connectivity index (χ0n) is 11.3. The van der Waals surface area contributed by atoms with Gasteiger partial charge in [-0.2, -0.15) is 0 Å². The summed E-state index contributed by atoms with van der Waals surface area (Å²) in [5, 5.41) is 0.537. The maximum absolute atomic E-state index is 14.3. The van der Waals surface area contributed by atoms with Gasteiger partial charge in [-0.15, -0.1) is 0 Å². The lowest BCUT2D eigenvalue weighted by atomic mass is 9.97. The lowest BCUT2D eigenvalue weighted by molar-refractivity contribution is 0.381. The van der Waals surface area contributed by atoms with Gasteiger partial charge in [0.15, 0.2) is 11.6 Å². The molecule has 0 aromatic heterocycles. The fourth-order valence-corrected chi connectivity index (χ4v) is 2.47. The zero-order chi connectivity index (χ0) is 14.7. The van der Waals surface area contributed by atoms with Gasteiger partial charge in [-0.05, 0) is 30.2 Å². The van der Waals surface area contributed by atoms with Crippen LogP contribution in [0.15, 0.2) is 36.4 Å². The highest BCUT2D eigenvalue weighted by Crippen LogP contribution is 2.32. The Kier molecular flexibility index (Phi) is 4.60. The number of rotatable bonds is 4. The van der Waals surface area contributed by atoms with E-state index in [1.54, 1.807) is 18.2 Å². The molecule has 0 heterocycles. The lowest BCUT2D eigenvalue weighted by Crippen LogP contribution is -2.29.